The van der Waals surface area contributed by atoms with E-state index in [0.717, 1.165) is 18.3 Å². The standard InChI is InChI=1S/C22H34N6.HI/c1-3-4-13-27-14-10-20(11-15-27)26-22(23-2)25-17-21-24-12-16-28(21)18-19-8-6-5-7-9-19;/h5-9,12,16,20H,3-4,10-11,13-15,17-18H2,1-2H3,(H2,23,25,26);1H. The van der Waals surface area contributed by atoms with Crippen LogP contribution in [-0.4, -0.2) is 53.1 Å². The van der Waals surface area contributed by atoms with Gasteiger partial charge in [-0.2, -0.15) is 0 Å². The summed E-state index contributed by atoms with van der Waals surface area (Å²) in [7, 11) is 1.84. The lowest BCUT2D eigenvalue weighted by atomic mass is 10.0. The van der Waals surface area contributed by atoms with Crippen molar-refractivity contribution in [1.29, 1.82) is 0 Å². The highest BCUT2D eigenvalue weighted by Crippen LogP contribution is 2.11. The lowest BCUT2D eigenvalue weighted by Crippen LogP contribution is -2.48. The van der Waals surface area contributed by atoms with Crippen molar-refractivity contribution in [3.05, 3.63) is 54.1 Å². The van der Waals surface area contributed by atoms with Gasteiger partial charge in [0.25, 0.3) is 0 Å². The highest BCUT2D eigenvalue weighted by molar-refractivity contribution is 14.0. The molecule has 29 heavy (non-hydrogen) atoms. The van der Waals surface area contributed by atoms with Crippen molar-refractivity contribution in [2.45, 2.75) is 51.7 Å². The van der Waals surface area contributed by atoms with E-state index in [4.69, 9.17) is 0 Å². The molecule has 0 radical (unpaired) electrons. The number of nitrogens with zero attached hydrogens (tertiary/aromatic N) is 4. The number of hydrogen-bond acceptors (Lipinski definition) is 3. The maximum Gasteiger partial charge on any atom is 0.191 e. The highest BCUT2D eigenvalue weighted by atomic mass is 127. The Bertz CT molecular complexity index is 722. The lowest BCUT2D eigenvalue weighted by Gasteiger charge is -2.33. The van der Waals surface area contributed by atoms with Crippen LogP contribution in [0.1, 0.15) is 44.0 Å². The summed E-state index contributed by atoms with van der Waals surface area (Å²) in [5.41, 5.74) is 1.28. The number of nitrogens with one attached hydrogen (secondary N) is 2. The summed E-state index contributed by atoms with van der Waals surface area (Å²) in [6.45, 7) is 7.34. The first-order valence-corrected chi connectivity index (χ1v) is 10.5. The maximum absolute atomic E-state index is 4.51. The lowest BCUT2D eigenvalue weighted by molar-refractivity contribution is 0.203. The van der Waals surface area contributed by atoms with E-state index in [2.05, 4.69) is 61.3 Å². The molecule has 0 unspecified atom stereocenters. The number of unbranched alkanes of at least 4 members (excludes halogenated alkanes) is 1. The summed E-state index contributed by atoms with van der Waals surface area (Å²) in [5, 5.41) is 7.02. The molecule has 0 amide bonds. The van der Waals surface area contributed by atoms with Crippen molar-refractivity contribution >= 4 is 29.9 Å². The molecule has 160 valence electrons. The SMILES string of the molecule is CCCCN1CCC(NC(=NC)NCc2nccn2Cc2ccccc2)CC1.I. The number of rotatable bonds is 8. The van der Waals surface area contributed by atoms with Gasteiger partial charge in [-0.05, 0) is 31.4 Å². The van der Waals surface area contributed by atoms with Crippen molar-refractivity contribution < 1.29 is 0 Å². The van der Waals surface area contributed by atoms with E-state index in [1.54, 1.807) is 0 Å². The van der Waals surface area contributed by atoms with Crippen LogP contribution >= 0.6 is 24.0 Å². The fourth-order valence-electron chi connectivity index (χ4n) is 3.66. The van der Waals surface area contributed by atoms with E-state index in [-0.39, 0.29) is 24.0 Å². The van der Waals surface area contributed by atoms with Crippen molar-refractivity contribution in [3.8, 4) is 0 Å². The van der Waals surface area contributed by atoms with Crippen LogP contribution in [0.4, 0.5) is 0 Å². The molecule has 6 nitrogen and oxygen atoms in total. The second-order valence-electron chi connectivity index (χ2n) is 7.50. The molecule has 0 bridgehead atoms. The maximum atomic E-state index is 4.51. The molecule has 1 fully saturated rings. The second-order valence-corrected chi connectivity index (χ2v) is 7.50. The van der Waals surface area contributed by atoms with Crippen LogP contribution in [0.25, 0.3) is 0 Å². The van der Waals surface area contributed by atoms with Crippen LogP contribution in [0, 0.1) is 0 Å². The Hall–Kier alpha value is -1.61. The molecule has 2 N–H and O–H groups in total. The van der Waals surface area contributed by atoms with Crippen LogP contribution in [-0.2, 0) is 13.1 Å². The second kappa shape index (κ2) is 12.8. The molecule has 2 aromatic rings. The number of likely N-dealkylation sites (tertiary alicyclic amines) is 1. The molecule has 0 atom stereocenters. The summed E-state index contributed by atoms with van der Waals surface area (Å²) in [6.07, 6.45) is 8.82. The van der Waals surface area contributed by atoms with Crippen molar-refractivity contribution in [2.75, 3.05) is 26.7 Å². The van der Waals surface area contributed by atoms with Crippen LogP contribution < -0.4 is 10.6 Å². The molecule has 1 aliphatic heterocycles. The molecule has 1 aliphatic rings. The first-order chi connectivity index (χ1) is 13.8. The van der Waals surface area contributed by atoms with E-state index in [9.17, 15) is 0 Å². The first kappa shape index (κ1) is 23.7. The molecule has 7 heteroatoms. The Morgan fingerprint density at radius 3 is 2.66 bits per heavy atom. The van der Waals surface area contributed by atoms with Gasteiger partial charge in [-0.15, -0.1) is 24.0 Å². The molecule has 0 aliphatic carbocycles. The van der Waals surface area contributed by atoms with Gasteiger partial charge < -0.3 is 20.1 Å². The topological polar surface area (TPSA) is 57.5 Å². The quantitative estimate of drug-likeness (QED) is 0.325. The minimum absolute atomic E-state index is 0. The summed E-state index contributed by atoms with van der Waals surface area (Å²) >= 11 is 0. The molecular weight excluding hydrogens is 475 g/mol. The molecule has 3 rings (SSSR count). The molecule has 1 saturated heterocycles. The van der Waals surface area contributed by atoms with Gasteiger partial charge in [0.2, 0.25) is 0 Å². The predicted molar refractivity (Wildman–Crippen MR) is 131 cm³/mol. The number of benzene rings is 1. The van der Waals surface area contributed by atoms with E-state index in [1.807, 2.05) is 25.5 Å². The minimum atomic E-state index is 0. The van der Waals surface area contributed by atoms with Crippen LogP contribution in [0.3, 0.4) is 0 Å². The predicted octanol–water partition coefficient (Wildman–Crippen LogP) is 3.48. The average Bonchev–Trinajstić information content (AvgIpc) is 3.18. The Morgan fingerprint density at radius 2 is 1.97 bits per heavy atom. The number of hydrogen-bond donors (Lipinski definition) is 2. The molecule has 1 aromatic heterocycles. The smallest absolute Gasteiger partial charge is 0.191 e. The van der Waals surface area contributed by atoms with E-state index >= 15 is 0 Å². The Morgan fingerprint density at radius 1 is 1.21 bits per heavy atom. The van der Waals surface area contributed by atoms with Gasteiger partial charge >= 0.3 is 0 Å². The zero-order valence-electron chi connectivity index (χ0n) is 17.7. The largest absolute Gasteiger partial charge is 0.354 e. The third kappa shape index (κ3) is 7.62. The van der Waals surface area contributed by atoms with Crippen molar-refractivity contribution in [3.63, 3.8) is 0 Å². The van der Waals surface area contributed by atoms with Gasteiger partial charge in [0.1, 0.15) is 5.82 Å². The molecule has 2 heterocycles. The fraction of sp³-hybridized carbons (Fsp3) is 0.545. The Kier molecular flexibility index (Phi) is 10.5. The van der Waals surface area contributed by atoms with Crippen LogP contribution in [0.5, 0.6) is 0 Å². The summed E-state index contributed by atoms with van der Waals surface area (Å²) < 4.78 is 2.18. The van der Waals surface area contributed by atoms with Gasteiger partial charge in [-0.25, -0.2) is 4.98 Å². The normalized spacial score (nSPS) is 15.7. The average molecular weight is 510 g/mol. The zero-order valence-corrected chi connectivity index (χ0v) is 20.0. The molecular formula is C22H35IN6. The monoisotopic (exact) mass is 510 g/mol. The zero-order chi connectivity index (χ0) is 19.6. The highest BCUT2D eigenvalue weighted by Gasteiger charge is 2.19. The number of aromatic nitrogens is 2. The van der Waals surface area contributed by atoms with Crippen molar-refractivity contribution in [2.24, 2.45) is 4.99 Å². The van der Waals surface area contributed by atoms with Crippen LogP contribution in [0.2, 0.25) is 0 Å². The number of piperidine rings is 1. The van der Waals surface area contributed by atoms with E-state index < -0.39 is 0 Å². The summed E-state index contributed by atoms with van der Waals surface area (Å²) in [6, 6.07) is 11.0. The Balaban J connectivity index is 0.00000300. The van der Waals surface area contributed by atoms with Crippen molar-refractivity contribution in [1.82, 2.24) is 25.1 Å². The van der Waals surface area contributed by atoms with E-state index in [1.165, 1.54) is 50.9 Å². The molecule has 0 spiro atoms. The number of imidazole rings is 1. The first-order valence-electron chi connectivity index (χ1n) is 10.5. The van der Waals surface area contributed by atoms with E-state index in [0.29, 0.717) is 12.6 Å². The molecule has 1 aromatic carbocycles. The summed E-state index contributed by atoms with van der Waals surface area (Å²) in [4.78, 5) is 11.5. The third-order valence-corrected chi connectivity index (χ3v) is 5.39. The minimum Gasteiger partial charge on any atom is -0.354 e. The fourth-order valence-corrected chi connectivity index (χ4v) is 3.66. The Labute approximate surface area is 192 Å². The van der Waals surface area contributed by atoms with Gasteiger partial charge in [0.05, 0.1) is 6.54 Å². The van der Waals surface area contributed by atoms with Gasteiger partial charge in [0.15, 0.2) is 5.96 Å². The van der Waals surface area contributed by atoms with Gasteiger partial charge in [-0.3, -0.25) is 4.99 Å². The molecule has 0 saturated carbocycles. The third-order valence-electron chi connectivity index (χ3n) is 5.39. The van der Waals surface area contributed by atoms with Crippen LogP contribution in [0.15, 0.2) is 47.7 Å². The number of halogens is 1. The number of guanidine groups is 1. The number of aliphatic imine (C=N–C) groups is 1. The van der Waals surface area contributed by atoms with Gasteiger partial charge in [-0.1, -0.05) is 43.7 Å². The van der Waals surface area contributed by atoms with Gasteiger partial charge in [0, 0.05) is 45.1 Å². The summed E-state index contributed by atoms with van der Waals surface area (Å²) in [5.74, 6) is 1.88.